The topological polar surface area (TPSA) is 48.0 Å². The summed E-state index contributed by atoms with van der Waals surface area (Å²) in [5, 5.41) is 15.2. The van der Waals surface area contributed by atoms with Gasteiger partial charge in [-0.2, -0.15) is 0 Å². The van der Waals surface area contributed by atoms with Crippen molar-refractivity contribution in [2.75, 3.05) is 43.5 Å². The van der Waals surface area contributed by atoms with Gasteiger partial charge in [0.05, 0.1) is 18.9 Å². The Morgan fingerprint density at radius 1 is 1.10 bits per heavy atom. The van der Waals surface area contributed by atoms with E-state index in [1.807, 2.05) is 31.2 Å². The van der Waals surface area contributed by atoms with Crippen molar-refractivity contribution < 1.29 is 9.84 Å². The molecule has 1 aliphatic rings. The summed E-state index contributed by atoms with van der Waals surface area (Å²) in [5.74, 6) is 0.696. The lowest BCUT2D eigenvalue weighted by Crippen LogP contribution is -2.50. The fourth-order valence-electron chi connectivity index (χ4n) is 3.50. The lowest BCUT2D eigenvalue weighted by molar-refractivity contribution is 0.198. The fourth-order valence-corrected chi connectivity index (χ4v) is 4.31. The number of hydrogen-bond donors (Lipinski definition) is 2. The van der Waals surface area contributed by atoms with Gasteiger partial charge in [0.1, 0.15) is 5.75 Å². The molecule has 2 aromatic carbocycles. The van der Waals surface area contributed by atoms with Crippen molar-refractivity contribution in [1.29, 1.82) is 0 Å². The van der Waals surface area contributed by atoms with Gasteiger partial charge in [-0.15, -0.1) is 0 Å². The van der Waals surface area contributed by atoms with Crippen LogP contribution in [0.25, 0.3) is 0 Å². The van der Waals surface area contributed by atoms with Gasteiger partial charge < -0.3 is 25.0 Å². The van der Waals surface area contributed by atoms with Crippen LogP contribution in [-0.2, 0) is 0 Å². The highest BCUT2D eigenvalue weighted by molar-refractivity contribution is 7.80. The molecule has 0 aliphatic carbocycles. The number of aryl methyl sites for hydroxylation is 1. The summed E-state index contributed by atoms with van der Waals surface area (Å²) < 4.78 is 5.49. The fraction of sp³-hybridized carbons (Fsp3) is 0.381. The number of benzene rings is 2. The molecule has 156 valence electrons. The number of anilines is 2. The molecule has 29 heavy (non-hydrogen) atoms. The van der Waals surface area contributed by atoms with Crippen LogP contribution in [0.2, 0.25) is 10.0 Å². The minimum absolute atomic E-state index is 0.567. The van der Waals surface area contributed by atoms with E-state index in [4.69, 9.17) is 40.2 Å². The molecule has 2 aromatic rings. The van der Waals surface area contributed by atoms with Gasteiger partial charge >= 0.3 is 0 Å². The molecule has 0 bridgehead atoms. The first-order chi connectivity index (χ1) is 13.8. The number of hydrogen-bond acceptors (Lipinski definition) is 4. The average Bonchev–Trinajstić information content (AvgIpc) is 2.68. The number of ether oxygens (including phenoxy) is 1. The molecular formula is C21H25Cl2N3O2S. The Labute approximate surface area is 187 Å². The van der Waals surface area contributed by atoms with Crippen molar-refractivity contribution in [2.24, 2.45) is 0 Å². The Morgan fingerprint density at radius 2 is 1.72 bits per heavy atom. The van der Waals surface area contributed by atoms with Gasteiger partial charge in [0.2, 0.25) is 0 Å². The lowest BCUT2D eigenvalue weighted by atomic mass is 10.0. The second-order valence-electron chi connectivity index (χ2n) is 7.12. The molecule has 8 heteroatoms. The number of aliphatic hydroxyl groups is 1. The number of nitrogens with one attached hydrogen (secondary N) is 1. The highest BCUT2D eigenvalue weighted by atomic mass is 35.5. The first kappa shape index (κ1) is 22.0. The van der Waals surface area contributed by atoms with Crippen molar-refractivity contribution in [3.63, 3.8) is 0 Å². The summed E-state index contributed by atoms with van der Waals surface area (Å²) in [6.45, 7) is 6.86. The van der Waals surface area contributed by atoms with E-state index in [2.05, 4.69) is 15.1 Å². The predicted molar refractivity (Wildman–Crippen MR) is 125 cm³/mol. The van der Waals surface area contributed by atoms with E-state index in [9.17, 15) is 5.11 Å². The molecule has 0 radical (unpaired) electrons. The standard InChI is InChI=1S/C21H25Cl2N3O2S/c1-13-8-20(28-3)19(12-18(13)14(2)27)24-21(29)26-6-4-25(5-7-26)17-10-15(22)9-16(23)11-17/h8-12,14,27H,4-7H2,1-3H3,(H,24,29). The average molecular weight is 454 g/mol. The second kappa shape index (κ2) is 9.39. The first-order valence-corrected chi connectivity index (χ1v) is 10.6. The van der Waals surface area contributed by atoms with E-state index in [0.717, 1.165) is 48.7 Å². The van der Waals surface area contributed by atoms with Crippen molar-refractivity contribution in [3.05, 3.63) is 51.5 Å². The summed E-state index contributed by atoms with van der Waals surface area (Å²) >= 11 is 17.9. The molecule has 1 saturated heterocycles. The largest absolute Gasteiger partial charge is 0.495 e. The smallest absolute Gasteiger partial charge is 0.173 e. The van der Waals surface area contributed by atoms with Crippen molar-refractivity contribution >= 4 is 51.9 Å². The molecule has 0 spiro atoms. The zero-order valence-corrected chi connectivity index (χ0v) is 19.0. The van der Waals surface area contributed by atoms with Crippen LogP contribution in [-0.4, -0.2) is 48.4 Å². The summed E-state index contributed by atoms with van der Waals surface area (Å²) in [6, 6.07) is 9.39. The SMILES string of the molecule is COc1cc(C)c(C(C)O)cc1NC(=S)N1CCN(c2cc(Cl)cc(Cl)c2)CC1. The molecule has 1 aliphatic heterocycles. The Hall–Kier alpha value is -1.73. The Morgan fingerprint density at radius 3 is 2.28 bits per heavy atom. The Bertz CT molecular complexity index is 879. The molecule has 0 aromatic heterocycles. The maximum atomic E-state index is 10.0. The molecule has 5 nitrogen and oxygen atoms in total. The summed E-state index contributed by atoms with van der Waals surface area (Å²) in [6.07, 6.45) is -0.567. The van der Waals surface area contributed by atoms with Crippen LogP contribution < -0.4 is 15.0 Å². The summed E-state index contributed by atoms with van der Waals surface area (Å²) in [5.41, 5.74) is 3.59. The van der Waals surface area contributed by atoms with E-state index in [0.29, 0.717) is 20.9 Å². The van der Waals surface area contributed by atoms with E-state index in [1.54, 1.807) is 20.1 Å². The van der Waals surface area contributed by atoms with E-state index in [-0.39, 0.29) is 0 Å². The Balaban J connectivity index is 1.68. The van der Waals surface area contributed by atoms with Crippen LogP contribution >= 0.6 is 35.4 Å². The van der Waals surface area contributed by atoms with E-state index < -0.39 is 6.10 Å². The van der Waals surface area contributed by atoms with Gasteiger partial charge in [0.15, 0.2) is 5.11 Å². The predicted octanol–water partition coefficient (Wildman–Crippen LogP) is 4.88. The van der Waals surface area contributed by atoms with Gasteiger partial charge in [-0.3, -0.25) is 0 Å². The highest BCUT2D eigenvalue weighted by Gasteiger charge is 2.21. The van der Waals surface area contributed by atoms with Crippen LogP contribution in [0, 0.1) is 6.92 Å². The number of methoxy groups -OCH3 is 1. The number of halogens is 2. The molecule has 0 amide bonds. The molecule has 2 N–H and O–H groups in total. The monoisotopic (exact) mass is 453 g/mol. The third kappa shape index (κ3) is 5.25. The second-order valence-corrected chi connectivity index (χ2v) is 8.38. The zero-order chi connectivity index (χ0) is 21.1. The zero-order valence-electron chi connectivity index (χ0n) is 16.7. The lowest BCUT2D eigenvalue weighted by Gasteiger charge is -2.37. The van der Waals surface area contributed by atoms with Gasteiger partial charge in [-0.1, -0.05) is 23.2 Å². The van der Waals surface area contributed by atoms with Gasteiger partial charge in [-0.25, -0.2) is 0 Å². The maximum absolute atomic E-state index is 10.0. The van der Waals surface area contributed by atoms with Crippen LogP contribution in [0.5, 0.6) is 5.75 Å². The van der Waals surface area contributed by atoms with Crippen LogP contribution in [0.4, 0.5) is 11.4 Å². The number of nitrogens with zero attached hydrogens (tertiary/aromatic N) is 2. The number of piperazine rings is 1. The third-order valence-electron chi connectivity index (χ3n) is 5.06. The van der Waals surface area contributed by atoms with E-state index in [1.165, 1.54) is 0 Å². The van der Waals surface area contributed by atoms with Gasteiger partial charge in [0.25, 0.3) is 0 Å². The Kier molecular flexibility index (Phi) is 7.11. The van der Waals surface area contributed by atoms with Crippen LogP contribution in [0.3, 0.4) is 0 Å². The molecule has 1 fully saturated rings. The van der Waals surface area contributed by atoms with Gasteiger partial charge in [0, 0.05) is 41.9 Å². The molecule has 3 rings (SSSR count). The first-order valence-electron chi connectivity index (χ1n) is 9.42. The van der Waals surface area contributed by atoms with Crippen LogP contribution in [0.1, 0.15) is 24.2 Å². The molecule has 1 heterocycles. The third-order valence-corrected chi connectivity index (χ3v) is 5.86. The number of rotatable bonds is 4. The number of thiocarbonyl (C=S) groups is 1. The summed E-state index contributed by atoms with van der Waals surface area (Å²) in [4.78, 5) is 4.37. The van der Waals surface area contributed by atoms with Gasteiger partial charge in [-0.05, 0) is 67.5 Å². The van der Waals surface area contributed by atoms with E-state index >= 15 is 0 Å². The maximum Gasteiger partial charge on any atom is 0.173 e. The molecule has 1 unspecified atom stereocenters. The molecule has 1 atom stereocenters. The molecular weight excluding hydrogens is 429 g/mol. The minimum atomic E-state index is -0.567. The van der Waals surface area contributed by atoms with Crippen molar-refractivity contribution in [2.45, 2.75) is 20.0 Å². The number of aliphatic hydroxyl groups excluding tert-OH is 1. The van der Waals surface area contributed by atoms with Crippen molar-refractivity contribution in [3.8, 4) is 5.75 Å². The normalized spacial score (nSPS) is 15.2. The quantitative estimate of drug-likeness (QED) is 0.643. The summed E-state index contributed by atoms with van der Waals surface area (Å²) in [7, 11) is 1.62. The minimum Gasteiger partial charge on any atom is -0.495 e. The highest BCUT2D eigenvalue weighted by Crippen LogP contribution is 2.32. The van der Waals surface area contributed by atoms with Crippen molar-refractivity contribution in [1.82, 2.24) is 4.90 Å². The van der Waals surface area contributed by atoms with Crippen LogP contribution in [0.15, 0.2) is 30.3 Å². The molecule has 0 saturated carbocycles.